The molecule has 2 aliphatic rings. The first-order valence-electron chi connectivity index (χ1n) is 10.5. The van der Waals surface area contributed by atoms with Gasteiger partial charge in [0.15, 0.2) is 0 Å². The van der Waals surface area contributed by atoms with Crippen LogP contribution in [0.5, 0.6) is 0 Å². The molecule has 2 bridgehead atoms. The Kier molecular flexibility index (Phi) is 8.77. The Morgan fingerprint density at radius 3 is 1.92 bits per heavy atom. The summed E-state index contributed by atoms with van der Waals surface area (Å²) >= 11 is 0. The fraction of sp³-hybridized carbons (Fsp3) is 0.905. The molecule has 144 valence electrons. The minimum absolute atomic E-state index is 0.192. The second kappa shape index (κ2) is 10.8. The minimum Gasteiger partial charge on any atom is -0.481 e. The molecule has 2 saturated carbocycles. The molecular weight excluding hydrogens is 316 g/mol. The molecule has 4 nitrogen and oxygen atoms in total. The van der Waals surface area contributed by atoms with Crippen LogP contribution in [-0.2, 0) is 14.3 Å². The van der Waals surface area contributed by atoms with Crippen LogP contribution in [0.3, 0.4) is 0 Å². The average Bonchev–Trinajstić information content (AvgIpc) is 3.20. The molecule has 0 amide bonds. The maximum atomic E-state index is 12.3. The molecule has 4 unspecified atom stereocenters. The van der Waals surface area contributed by atoms with Crippen molar-refractivity contribution in [3.63, 3.8) is 0 Å². The fourth-order valence-corrected chi connectivity index (χ4v) is 4.84. The van der Waals surface area contributed by atoms with Crippen LogP contribution in [0.1, 0.15) is 90.4 Å². The van der Waals surface area contributed by atoms with Crippen molar-refractivity contribution in [3.05, 3.63) is 0 Å². The summed E-state index contributed by atoms with van der Waals surface area (Å²) in [6, 6.07) is 0. The second-order valence-corrected chi connectivity index (χ2v) is 8.07. The summed E-state index contributed by atoms with van der Waals surface area (Å²) in [5.74, 6) is -1.52. The summed E-state index contributed by atoms with van der Waals surface area (Å²) in [6.45, 7) is 2.70. The molecule has 0 aromatic rings. The van der Waals surface area contributed by atoms with Gasteiger partial charge in [-0.05, 0) is 37.5 Å². The number of hydrogen-bond acceptors (Lipinski definition) is 3. The third kappa shape index (κ3) is 6.00. The Labute approximate surface area is 152 Å². The molecule has 2 aliphatic carbocycles. The number of carboxylic acid groups (broad SMARTS) is 1. The average molecular weight is 353 g/mol. The van der Waals surface area contributed by atoms with E-state index in [1.54, 1.807) is 0 Å². The largest absolute Gasteiger partial charge is 0.481 e. The summed E-state index contributed by atoms with van der Waals surface area (Å²) < 4.78 is 5.43. The molecule has 2 fully saturated rings. The van der Waals surface area contributed by atoms with Crippen LogP contribution in [0, 0.1) is 23.7 Å². The first kappa shape index (κ1) is 20.3. The molecule has 0 saturated heterocycles. The quantitative estimate of drug-likeness (QED) is 0.365. The van der Waals surface area contributed by atoms with Gasteiger partial charge in [0.1, 0.15) is 0 Å². The highest BCUT2D eigenvalue weighted by molar-refractivity contribution is 5.82. The summed E-state index contributed by atoms with van der Waals surface area (Å²) in [6.07, 6.45) is 15.4. The van der Waals surface area contributed by atoms with E-state index < -0.39 is 11.9 Å². The van der Waals surface area contributed by atoms with Gasteiger partial charge in [-0.2, -0.15) is 0 Å². The molecule has 1 N–H and O–H groups in total. The van der Waals surface area contributed by atoms with Gasteiger partial charge in [0.05, 0.1) is 18.4 Å². The number of ether oxygens (including phenoxy) is 1. The zero-order valence-electron chi connectivity index (χ0n) is 15.9. The standard InChI is InChI=1S/C21H36O4/c1-2-3-4-5-6-7-8-9-10-11-14-25-21(24)19-17-13-12-16(15-17)18(19)20(22)23/h16-19H,2-15H2,1H3,(H,22,23). The van der Waals surface area contributed by atoms with Crippen molar-refractivity contribution < 1.29 is 19.4 Å². The number of carbonyl (C=O) groups excluding carboxylic acids is 1. The summed E-state index contributed by atoms with van der Waals surface area (Å²) in [5.41, 5.74) is 0. The molecule has 0 spiro atoms. The Bertz CT molecular complexity index is 420. The molecule has 4 atom stereocenters. The van der Waals surface area contributed by atoms with Crippen LogP contribution in [0.2, 0.25) is 0 Å². The van der Waals surface area contributed by atoms with E-state index in [1.165, 1.54) is 51.4 Å². The smallest absolute Gasteiger partial charge is 0.310 e. The van der Waals surface area contributed by atoms with E-state index in [0.29, 0.717) is 6.61 Å². The SMILES string of the molecule is CCCCCCCCCCCCOC(=O)C1C2CCC(C2)C1C(=O)O. The van der Waals surface area contributed by atoms with E-state index in [9.17, 15) is 14.7 Å². The van der Waals surface area contributed by atoms with Gasteiger partial charge in [-0.3, -0.25) is 9.59 Å². The number of rotatable bonds is 13. The highest BCUT2D eigenvalue weighted by Crippen LogP contribution is 2.52. The number of esters is 1. The maximum absolute atomic E-state index is 12.3. The first-order valence-corrected chi connectivity index (χ1v) is 10.5. The number of fused-ring (bicyclic) bond motifs is 2. The zero-order chi connectivity index (χ0) is 18.1. The molecule has 2 rings (SSSR count). The van der Waals surface area contributed by atoms with Gasteiger partial charge in [-0.15, -0.1) is 0 Å². The van der Waals surface area contributed by atoms with Gasteiger partial charge in [0.2, 0.25) is 0 Å². The number of hydrogen-bond donors (Lipinski definition) is 1. The van der Waals surface area contributed by atoms with Crippen LogP contribution in [-0.4, -0.2) is 23.7 Å². The van der Waals surface area contributed by atoms with Crippen LogP contribution < -0.4 is 0 Å². The van der Waals surface area contributed by atoms with Gasteiger partial charge in [-0.25, -0.2) is 0 Å². The Morgan fingerprint density at radius 2 is 1.36 bits per heavy atom. The fourth-order valence-electron chi connectivity index (χ4n) is 4.84. The summed E-state index contributed by atoms with van der Waals surface area (Å²) in [4.78, 5) is 23.8. The molecule has 25 heavy (non-hydrogen) atoms. The van der Waals surface area contributed by atoms with Crippen LogP contribution >= 0.6 is 0 Å². The van der Waals surface area contributed by atoms with E-state index in [1.807, 2.05) is 0 Å². The molecule has 0 aromatic carbocycles. The molecule has 0 radical (unpaired) electrons. The van der Waals surface area contributed by atoms with E-state index in [2.05, 4.69) is 6.92 Å². The minimum atomic E-state index is -0.812. The van der Waals surface area contributed by atoms with Crippen molar-refractivity contribution >= 4 is 11.9 Å². The van der Waals surface area contributed by atoms with E-state index >= 15 is 0 Å². The third-order valence-electron chi connectivity index (χ3n) is 6.22. The van der Waals surface area contributed by atoms with Gasteiger partial charge in [-0.1, -0.05) is 64.7 Å². The normalized spacial score (nSPS) is 27.6. The molecule has 0 aromatic heterocycles. The number of carbonyl (C=O) groups is 2. The second-order valence-electron chi connectivity index (χ2n) is 8.07. The lowest BCUT2D eigenvalue weighted by atomic mass is 9.79. The van der Waals surface area contributed by atoms with Crippen LogP contribution in [0.4, 0.5) is 0 Å². The Hall–Kier alpha value is -1.06. The highest BCUT2D eigenvalue weighted by atomic mass is 16.5. The van der Waals surface area contributed by atoms with Crippen molar-refractivity contribution in [2.45, 2.75) is 90.4 Å². The number of carboxylic acids is 1. The number of unbranched alkanes of at least 4 members (excludes halogenated alkanes) is 9. The Morgan fingerprint density at radius 1 is 0.840 bits per heavy atom. The third-order valence-corrected chi connectivity index (χ3v) is 6.22. The predicted octanol–water partition coefficient (Wildman–Crippen LogP) is 5.20. The highest BCUT2D eigenvalue weighted by Gasteiger charge is 2.54. The van der Waals surface area contributed by atoms with Gasteiger partial charge >= 0.3 is 11.9 Å². The van der Waals surface area contributed by atoms with Gasteiger partial charge in [0.25, 0.3) is 0 Å². The topological polar surface area (TPSA) is 63.6 Å². The van der Waals surface area contributed by atoms with Crippen molar-refractivity contribution in [1.29, 1.82) is 0 Å². The zero-order valence-corrected chi connectivity index (χ0v) is 15.9. The van der Waals surface area contributed by atoms with Crippen LogP contribution in [0.25, 0.3) is 0 Å². The van der Waals surface area contributed by atoms with Crippen molar-refractivity contribution in [1.82, 2.24) is 0 Å². The molecule has 0 heterocycles. The maximum Gasteiger partial charge on any atom is 0.310 e. The van der Waals surface area contributed by atoms with E-state index in [0.717, 1.165) is 32.1 Å². The van der Waals surface area contributed by atoms with Crippen molar-refractivity contribution in [2.75, 3.05) is 6.61 Å². The summed E-state index contributed by atoms with van der Waals surface area (Å²) in [7, 11) is 0. The Balaban J connectivity index is 1.51. The molecule has 4 heteroatoms. The lowest BCUT2D eigenvalue weighted by Gasteiger charge is -2.26. The molecular formula is C21H36O4. The van der Waals surface area contributed by atoms with Crippen molar-refractivity contribution in [2.24, 2.45) is 23.7 Å². The molecule has 0 aliphatic heterocycles. The monoisotopic (exact) mass is 352 g/mol. The number of aliphatic carboxylic acids is 1. The van der Waals surface area contributed by atoms with Gasteiger partial charge < -0.3 is 9.84 Å². The van der Waals surface area contributed by atoms with Crippen molar-refractivity contribution in [3.8, 4) is 0 Å². The van der Waals surface area contributed by atoms with E-state index in [4.69, 9.17) is 4.74 Å². The lowest BCUT2D eigenvalue weighted by Crippen LogP contribution is -2.35. The first-order chi connectivity index (χ1) is 12.1. The van der Waals surface area contributed by atoms with Gasteiger partial charge in [0, 0.05) is 0 Å². The van der Waals surface area contributed by atoms with Crippen LogP contribution in [0.15, 0.2) is 0 Å². The van der Waals surface area contributed by atoms with E-state index in [-0.39, 0.29) is 23.7 Å². The lowest BCUT2D eigenvalue weighted by molar-refractivity contribution is -0.160. The predicted molar refractivity (Wildman–Crippen MR) is 98.2 cm³/mol. The summed E-state index contributed by atoms with van der Waals surface area (Å²) in [5, 5.41) is 9.41.